The van der Waals surface area contributed by atoms with Gasteiger partial charge in [-0.25, -0.2) is 12.8 Å². The van der Waals surface area contributed by atoms with Crippen LogP contribution in [0.3, 0.4) is 0 Å². The highest BCUT2D eigenvalue weighted by molar-refractivity contribution is 7.89. The fraction of sp³-hybridized carbons (Fsp3) is 0.455. The molecule has 0 spiro atoms. The molecule has 0 radical (unpaired) electrons. The first-order chi connectivity index (χ1) is 8.35. The van der Waals surface area contributed by atoms with Gasteiger partial charge in [0.15, 0.2) is 0 Å². The lowest BCUT2D eigenvalue weighted by molar-refractivity contribution is -0.0285. The summed E-state index contributed by atoms with van der Waals surface area (Å²) in [7, 11) is -3.77. The van der Waals surface area contributed by atoms with Crippen LogP contribution >= 0.6 is 0 Å². The normalized spacial score (nSPS) is 17.3. The molecule has 5 nitrogen and oxygen atoms in total. The minimum Gasteiger partial charge on any atom is -0.396 e. The number of nitrogens with two attached hydrogens (primary N) is 1. The topological polar surface area (TPSA) is 72.6 Å². The minimum absolute atomic E-state index is 0.0308. The second kappa shape index (κ2) is 4.49. The van der Waals surface area contributed by atoms with Crippen molar-refractivity contribution in [3.05, 3.63) is 23.0 Å². The molecule has 1 aromatic carbocycles. The zero-order chi connectivity index (χ0) is 13.5. The van der Waals surface area contributed by atoms with Crippen LogP contribution < -0.4 is 5.73 Å². The number of rotatable bonds is 2. The maximum absolute atomic E-state index is 13.4. The van der Waals surface area contributed by atoms with Crippen LogP contribution in [0, 0.1) is 19.7 Å². The number of aryl methyl sites for hydroxylation is 1. The van der Waals surface area contributed by atoms with Gasteiger partial charge in [0, 0.05) is 6.54 Å². The number of halogens is 1. The highest BCUT2D eigenvalue weighted by Gasteiger charge is 2.32. The van der Waals surface area contributed by atoms with E-state index in [1.165, 1.54) is 6.92 Å². The molecule has 7 heteroatoms. The first-order valence-corrected chi connectivity index (χ1v) is 7.00. The molecule has 2 N–H and O–H groups in total. The van der Waals surface area contributed by atoms with Crippen molar-refractivity contribution in [1.82, 2.24) is 4.47 Å². The Bertz CT molecular complexity index is 580. The predicted octanol–water partition coefficient (Wildman–Crippen LogP) is 1.35. The fourth-order valence-electron chi connectivity index (χ4n) is 2.04. The van der Waals surface area contributed by atoms with E-state index in [0.717, 1.165) is 10.5 Å². The predicted molar refractivity (Wildman–Crippen MR) is 64.7 cm³/mol. The van der Waals surface area contributed by atoms with Gasteiger partial charge in [0.1, 0.15) is 5.82 Å². The summed E-state index contributed by atoms with van der Waals surface area (Å²) in [6.45, 7) is 3.71. The summed E-state index contributed by atoms with van der Waals surface area (Å²) < 4.78 is 39.1. The molecule has 1 fully saturated rings. The van der Waals surface area contributed by atoms with Crippen LogP contribution in [-0.4, -0.2) is 26.0 Å². The highest BCUT2D eigenvalue weighted by atomic mass is 32.2. The van der Waals surface area contributed by atoms with E-state index in [-0.39, 0.29) is 16.1 Å². The Morgan fingerprint density at radius 2 is 2.11 bits per heavy atom. The van der Waals surface area contributed by atoms with Gasteiger partial charge in [-0.1, -0.05) is 4.47 Å². The number of nitrogens with zero attached hydrogens (tertiary/aromatic N) is 1. The van der Waals surface area contributed by atoms with Gasteiger partial charge in [-0.05, 0) is 37.5 Å². The first-order valence-electron chi connectivity index (χ1n) is 5.56. The third kappa shape index (κ3) is 1.98. The zero-order valence-corrected chi connectivity index (χ0v) is 11.1. The zero-order valence-electron chi connectivity index (χ0n) is 10.2. The van der Waals surface area contributed by atoms with Crippen LogP contribution in [0.2, 0.25) is 0 Å². The average molecular weight is 274 g/mol. The molecule has 0 aromatic heterocycles. The van der Waals surface area contributed by atoms with E-state index in [1.54, 1.807) is 6.92 Å². The van der Waals surface area contributed by atoms with Gasteiger partial charge < -0.3 is 5.73 Å². The van der Waals surface area contributed by atoms with Crippen LogP contribution in [0.15, 0.2) is 11.0 Å². The van der Waals surface area contributed by atoms with E-state index >= 15 is 0 Å². The molecule has 1 heterocycles. The molecule has 100 valence electrons. The summed E-state index contributed by atoms with van der Waals surface area (Å²) in [5.41, 5.74) is 5.96. The Balaban J connectivity index is 2.61. The van der Waals surface area contributed by atoms with Crippen LogP contribution in [0.25, 0.3) is 0 Å². The lowest BCUT2D eigenvalue weighted by atomic mass is 10.1. The van der Waals surface area contributed by atoms with E-state index in [2.05, 4.69) is 0 Å². The van der Waals surface area contributed by atoms with E-state index < -0.39 is 15.8 Å². The summed E-state index contributed by atoms with van der Waals surface area (Å²) >= 11 is 0. The molecule has 18 heavy (non-hydrogen) atoms. The summed E-state index contributed by atoms with van der Waals surface area (Å²) in [5.74, 6) is -0.605. The van der Waals surface area contributed by atoms with Crippen LogP contribution in [0.1, 0.15) is 17.5 Å². The van der Waals surface area contributed by atoms with Gasteiger partial charge in [-0.2, -0.15) is 0 Å². The van der Waals surface area contributed by atoms with Crippen molar-refractivity contribution < 1.29 is 17.6 Å². The lowest BCUT2D eigenvalue weighted by Gasteiger charge is -2.19. The third-order valence-electron chi connectivity index (χ3n) is 2.95. The molecule has 1 aliphatic heterocycles. The third-order valence-corrected chi connectivity index (χ3v) is 4.92. The standard InChI is InChI=1S/C11H15FN2O3S/c1-7-6-9(12)10(13)8(2)11(7)18(15,16)14-4-3-5-17-14/h6H,3-5,13H2,1-2H3. The van der Waals surface area contributed by atoms with Crippen LogP contribution in [0.4, 0.5) is 10.1 Å². The van der Waals surface area contributed by atoms with Crippen molar-refractivity contribution in [1.29, 1.82) is 0 Å². The second-order valence-electron chi connectivity index (χ2n) is 4.26. The van der Waals surface area contributed by atoms with E-state index in [9.17, 15) is 12.8 Å². The summed E-state index contributed by atoms with van der Waals surface area (Å²) in [6, 6.07) is 1.13. The molecule has 0 amide bonds. The molecule has 0 bridgehead atoms. The minimum atomic E-state index is -3.77. The monoisotopic (exact) mass is 274 g/mol. The number of hydrogen-bond acceptors (Lipinski definition) is 4. The van der Waals surface area contributed by atoms with Gasteiger partial charge in [0.05, 0.1) is 17.2 Å². The summed E-state index contributed by atoms with van der Waals surface area (Å²) in [5, 5.41) is 0. The quantitative estimate of drug-likeness (QED) is 0.826. The van der Waals surface area contributed by atoms with Crippen molar-refractivity contribution in [2.24, 2.45) is 0 Å². The number of benzene rings is 1. The maximum Gasteiger partial charge on any atom is 0.265 e. The Morgan fingerprint density at radius 1 is 1.44 bits per heavy atom. The van der Waals surface area contributed by atoms with E-state index in [4.69, 9.17) is 10.6 Å². The van der Waals surface area contributed by atoms with E-state index in [0.29, 0.717) is 25.1 Å². The van der Waals surface area contributed by atoms with Gasteiger partial charge in [-0.15, -0.1) is 0 Å². The Hall–Kier alpha value is -1.18. The average Bonchev–Trinajstić information content (AvgIpc) is 2.79. The van der Waals surface area contributed by atoms with Crippen LogP contribution in [0.5, 0.6) is 0 Å². The lowest BCUT2D eigenvalue weighted by Crippen LogP contribution is -2.28. The molecule has 1 aromatic rings. The fourth-order valence-corrected chi connectivity index (χ4v) is 3.79. The molecule has 0 saturated carbocycles. The highest BCUT2D eigenvalue weighted by Crippen LogP contribution is 2.30. The Labute approximate surface area is 105 Å². The molecule has 2 rings (SSSR count). The Kier molecular flexibility index (Phi) is 3.31. The maximum atomic E-state index is 13.4. The SMILES string of the molecule is Cc1cc(F)c(N)c(C)c1S(=O)(=O)N1CCCO1. The molecule has 1 aliphatic rings. The number of hydroxylamine groups is 1. The molecule has 0 unspecified atom stereocenters. The van der Waals surface area contributed by atoms with Crippen LogP contribution in [-0.2, 0) is 14.9 Å². The first kappa shape index (κ1) is 13.3. The molecular formula is C11H15FN2O3S. The molecule has 0 aliphatic carbocycles. The smallest absolute Gasteiger partial charge is 0.265 e. The van der Waals surface area contributed by atoms with Gasteiger partial charge >= 0.3 is 0 Å². The number of nitrogen functional groups attached to an aromatic ring is 1. The largest absolute Gasteiger partial charge is 0.396 e. The number of anilines is 1. The molecule has 0 atom stereocenters. The Morgan fingerprint density at radius 3 is 2.67 bits per heavy atom. The van der Waals surface area contributed by atoms with Crippen molar-refractivity contribution in [3.63, 3.8) is 0 Å². The van der Waals surface area contributed by atoms with Gasteiger partial charge in [-0.3, -0.25) is 4.84 Å². The second-order valence-corrected chi connectivity index (χ2v) is 6.03. The number of hydrogen-bond donors (Lipinski definition) is 1. The van der Waals surface area contributed by atoms with E-state index in [1.807, 2.05) is 0 Å². The van der Waals surface area contributed by atoms with Crippen molar-refractivity contribution in [3.8, 4) is 0 Å². The molecular weight excluding hydrogens is 259 g/mol. The van der Waals surface area contributed by atoms with Crippen molar-refractivity contribution in [2.45, 2.75) is 25.2 Å². The summed E-state index contributed by atoms with van der Waals surface area (Å²) in [4.78, 5) is 5.09. The molecule has 1 saturated heterocycles. The van der Waals surface area contributed by atoms with Gasteiger partial charge in [0.2, 0.25) is 0 Å². The van der Waals surface area contributed by atoms with Crippen molar-refractivity contribution in [2.75, 3.05) is 18.9 Å². The van der Waals surface area contributed by atoms with Gasteiger partial charge in [0.25, 0.3) is 10.0 Å². The number of sulfonamides is 1. The van der Waals surface area contributed by atoms with Crippen molar-refractivity contribution >= 4 is 15.7 Å². The summed E-state index contributed by atoms with van der Waals surface area (Å²) in [6.07, 6.45) is 0.647.